The molecule has 0 aromatic rings. The molecular weight excluding hydrogens is 240 g/mol. The molecule has 1 saturated heterocycles. The second-order valence-electron chi connectivity index (χ2n) is 6.77. The number of hydrogen-bond donors (Lipinski definition) is 1. The zero-order valence-electron chi connectivity index (χ0n) is 12.7. The molecule has 0 radical (unpaired) electrons. The molecule has 2 amide bonds. The van der Waals surface area contributed by atoms with E-state index in [1.807, 2.05) is 25.7 Å². The summed E-state index contributed by atoms with van der Waals surface area (Å²) in [6.45, 7) is 10.2. The Kier molecular flexibility index (Phi) is 3.63. The fourth-order valence-corrected chi connectivity index (χ4v) is 2.95. The van der Waals surface area contributed by atoms with E-state index in [0.29, 0.717) is 0 Å². The summed E-state index contributed by atoms with van der Waals surface area (Å²) in [5.41, 5.74) is -0.0878. The van der Waals surface area contributed by atoms with Crippen LogP contribution in [-0.2, 0) is 9.59 Å². The van der Waals surface area contributed by atoms with Crippen LogP contribution >= 0.6 is 0 Å². The van der Waals surface area contributed by atoms with Gasteiger partial charge in [-0.05, 0) is 31.6 Å². The van der Waals surface area contributed by atoms with Gasteiger partial charge < -0.3 is 10.2 Å². The summed E-state index contributed by atoms with van der Waals surface area (Å²) in [6.07, 6.45) is 2.93. The first kappa shape index (κ1) is 14.4. The summed E-state index contributed by atoms with van der Waals surface area (Å²) in [4.78, 5) is 27.1. The molecular formula is C15H26N2O2. The molecule has 1 aliphatic carbocycles. The molecule has 2 rings (SSSR count). The van der Waals surface area contributed by atoms with Crippen molar-refractivity contribution in [3.63, 3.8) is 0 Å². The van der Waals surface area contributed by atoms with Gasteiger partial charge in [-0.3, -0.25) is 9.59 Å². The summed E-state index contributed by atoms with van der Waals surface area (Å²) in [5, 5.41) is 2.95. The van der Waals surface area contributed by atoms with Crippen LogP contribution < -0.4 is 5.32 Å². The SMILES string of the molecule is CCC(C)C1NC(=O)C(C(C)C)N(C2(C)CC2)C1=O. The van der Waals surface area contributed by atoms with Gasteiger partial charge in [0.2, 0.25) is 11.8 Å². The highest BCUT2D eigenvalue weighted by atomic mass is 16.2. The van der Waals surface area contributed by atoms with Gasteiger partial charge >= 0.3 is 0 Å². The third-order valence-electron chi connectivity index (χ3n) is 4.75. The third-order valence-corrected chi connectivity index (χ3v) is 4.75. The molecule has 3 atom stereocenters. The van der Waals surface area contributed by atoms with Crippen LogP contribution in [0.15, 0.2) is 0 Å². The molecule has 2 fully saturated rings. The van der Waals surface area contributed by atoms with E-state index in [1.54, 1.807) is 0 Å². The van der Waals surface area contributed by atoms with Gasteiger partial charge in [0.15, 0.2) is 0 Å². The zero-order chi connectivity index (χ0) is 14.4. The van der Waals surface area contributed by atoms with E-state index in [0.717, 1.165) is 19.3 Å². The molecule has 1 N–H and O–H groups in total. The summed E-state index contributed by atoms with van der Waals surface area (Å²) in [5.74, 6) is 0.481. The Morgan fingerprint density at radius 2 is 1.89 bits per heavy atom. The average Bonchev–Trinajstić information content (AvgIpc) is 3.08. The highest BCUT2D eigenvalue weighted by Gasteiger charge is 2.55. The predicted octanol–water partition coefficient (Wildman–Crippen LogP) is 1.94. The Labute approximate surface area is 115 Å². The normalized spacial score (nSPS) is 31.4. The van der Waals surface area contributed by atoms with Crippen LogP contribution in [0.25, 0.3) is 0 Å². The maximum absolute atomic E-state index is 12.8. The molecule has 0 aromatic heterocycles. The van der Waals surface area contributed by atoms with Crippen molar-refractivity contribution in [3.05, 3.63) is 0 Å². The Morgan fingerprint density at radius 3 is 2.32 bits per heavy atom. The Bertz CT molecular complexity index is 388. The van der Waals surface area contributed by atoms with Gasteiger partial charge in [-0.15, -0.1) is 0 Å². The van der Waals surface area contributed by atoms with Crippen LogP contribution in [0.4, 0.5) is 0 Å². The smallest absolute Gasteiger partial charge is 0.246 e. The number of nitrogens with one attached hydrogen (secondary N) is 1. The van der Waals surface area contributed by atoms with E-state index < -0.39 is 0 Å². The number of hydrogen-bond acceptors (Lipinski definition) is 2. The lowest BCUT2D eigenvalue weighted by molar-refractivity contribution is -0.156. The second kappa shape index (κ2) is 4.80. The van der Waals surface area contributed by atoms with E-state index in [9.17, 15) is 9.59 Å². The van der Waals surface area contributed by atoms with Crippen LogP contribution in [-0.4, -0.2) is 34.3 Å². The third kappa shape index (κ3) is 2.37. The number of piperazine rings is 1. The first-order valence-corrected chi connectivity index (χ1v) is 7.45. The van der Waals surface area contributed by atoms with Gasteiger partial charge in [-0.1, -0.05) is 34.1 Å². The molecule has 1 aliphatic heterocycles. The minimum absolute atomic E-state index is 0.0213. The standard InChI is InChI=1S/C15H26N2O2/c1-6-10(4)11-14(19)17(15(5)7-8-15)12(9(2)3)13(18)16-11/h9-12H,6-8H2,1-5H3,(H,16,18). The highest BCUT2D eigenvalue weighted by molar-refractivity contribution is 5.98. The minimum atomic E-state index is -0.343. The van der Waals surface area contributed by atoms with Crippen molar-refractivity contribution in [2.24, 2.45) is 11.8 Å². The largest absolute Gasteiger partial charge is 0.342 e. The first-order chi connectivity index (χ1) is 8.81. The Balaban J connectivity index is 2.32. The van der Waals surface area contributed by atoms with Crippen molar-refractivity contribution in [1.82, 2.24) is 10.2 Å². The monoisotopic (exact) mass is 266 g/mol. The maximum atomic E-state index is 12.8. The van der Waals surface area contributed by atoms with E-state index in [-0.39, 0.29) is 41.3 Å². The highest BCUT2D eigenvalue weighted by Crippen LogP contribution is 2.45. The fraction of sp³-hybridized carbons (Fsp3) is 0.867. The van der Waals surface area contributed by atoms with Gasteiger partial charge in [-0.25, -0.2) is 0 Å². The number of rotatable bonds is 4. The second-order valence-corrected chi connectivity index (χ2v) is 6.77. The molecule has 19 heavy (non-hydrogen) atoms. The fourth-order valence-electron chi connectivity index (χ4n) is 2.95. The van der Waals surface area contributed by atoms with Crippen LogP contribution in [0.5, 0.6) is 0 Å². The predicted molar refractivity (Wildman–Crippen MR) is 74.5 cm³/mol. The van der Waals surface area contributed by atoms with Crippen LogP contribution in [0, 0.1) is 11.8 Å². The number of amides is 2. The summed E-state index contributed by atoms with van der Waals surface area (Å²) in [6, 6.07) is -0.648. The molecule has 0 bridgehead atoms. The molecule has 0 spiro atoms. The van der Waals surface area contributed by atoms with Gasteiger partial charge in [0, 0.05) is 5.54 Å². The molecule has 0 aromatic carbocycles. The molecule has 3 unspecified atom stereocenters. The van der Waals surface area contributed by atoms with Gasteiger partial charge in [-0.2, -0.15) is 0 Å². The van der Waals surface area contributed by atoms with Crippen molar-refractivity contribution in [2.75, 3.05) is 0 Å². The van der Waals surface area contributed by atoms with Crippen LogP contribution in [0.3, 0.4) is 0 Å². The average molecular weight is 266 g/mol. The summed E-state index contributed by atoms with van der Waals surface area (Å²) in [7, 11) is 0. The Hall–Kier alpha value is -1.06. The van der Waals surface area contributed by atoms with Crippen molar-refractivity contribution in [1.29, 1.82) is 0 Å². The molecule has 2 aliphatic rings. The molecule has 108 valence electrons. The van der Waals surface area contributed by atoms with E-state index in [4.69, 9.17) is 0 Å². The summed E-state index contributed by atoms with van der Waals surface area (Å²) >= 11 is 0. The van der Waals surface area contributed by atoms with Crippen molar-refractivity contribution in [2.45, 2.75) is 71.5 Å². The van der Waals surface area contributed by atoms with Gasteiger partial charge in [0.05, 0.1) is 0 Å². The van der Waals surface area contributed by atoms with E-state index in [1.165, 1.54) is 0 Å². The number of nitrogens with zero attached hydrogens (tertiary/aromatic N) is 1. The van der Waals surface area contributed by atoms with Crippen molar-refractivity contribution in [3.8, 4) is 0 Å². The molecule has 4 nitrogen and oxygen atoms in total. The number of carbonyl (C=O) groups excluding carboxylic acids is 2. The lowest BCUT2D eigenvalue weighted by Crippen LogP contribution is -2.68. The number of carbonyl (C=O) groups is 2. The van der Waals surface area contributed by atoms with Crippen molar-refractivity contribution >= 4 is 11.8 Å². The molecule has 1 saturated carbocycles. The van der Waals surface area contributed by atoms with Crippen LogP contribution in [0.1, 0.15) is 53.9 Å². The maximum Gasteiger partial charge on any atom is 0.246 e. The summed E-state index contributed by atoms with van der Waals surface area (Å²) < 4.78 is 0. The molecule has 4 heteroatoms. The van der Waals surface area contributed by atoms with Gasteiger partial charge in [0.1, 0.15) is 12.1 Å². The first-order valence-electron chi connectivity index (χ1n) is 7.45. The molecule has 1 heterocycles. The zero-order valence-corrected chi connectivity index (χ0v) is 12.7. The van der Waals surface area contributed by atoms with Crippen LogP contribution in [0.2, 0.25) is 0 Å². The quantitative estimate of drug-likeness (QED) is 0.845. The van der Waals surface area contributed by atoms with E-state index >= 15 is 0 Å². The van der Waals surface area contributed by atoms with Gasteiger partial charge in [0.25, 0.3) is 0 Å². The lowest BCUT2D eigenvalue weighted by Gasteiger charge is -2.45. The lowest BCUT2D eigenvalue weighted by atomic mass is 9.89. The minimum Gasteiger partial charge on any atom is -0.342 e. The Morgan fingerprint density at radius 1 is 1.32 bits per heavy atom. The van der Waals surface area contributed by atoms with E-state index in [2.05, 4.69) is 19.2 Å². The topological polar surface area (TPSA) is 49.4 Å². The van der Waals surface area contributed by atoms with Crippen molar-refractivity contribution < 1.29 is 9.59 Å².